The van der Waals surface area contributed by atoms with Crippen LogP contribution in [0.25, 0.3) is 11.1 Å². The van der Waals surface area contributed by atoms with Crippen molar-refractivity contribution in [2.24, 2.45) is 0 Å². The molecule has 41 heavy (non-hydrogen) atoms. The molecule has 4 heteroatoms. The lowest BCUT2D eigenvalue weighted by Gasteiger charge is -2.35. The smallest absolute Gasteiger partial charge is 0.409 e. The van der Waals surface area contributed by atoms with Gasteiger partial charge in [0.15, 0.2) is 5.78 Å². The van der Waals surface area contributed by atoms with E-state index in [0.29, 0.717) is 0 Å². The van der Waals surface area contributed by atoms with E-state index in [1.165, 1.54) is 16.0 Å². The fraction of sp³-hybridized carbons (Fsp3) is 0.135. The van der Waals surface area contributed by atoms with Gasteiger partial charge in [-0.05, 0) is 38.9 Å². The third-order valence-electron chi connectivity index (χ3n) is 8.07. The average Bonchev–Trinajstić information content (AvgIpc) is 3.35. The van der Waals surface area contributed by atoms with Gasteiger partial charge in [-0.3, -0.25) is 4.79 Å². The molecule has 0 atom stereocenters. The zero-order valence-corrected chi connectivity index (χ0v) is 22.9. The van der Waals surface area contributed by atoms with Crippen molar-refractivity contribution in [1.82, 2.24) is 4.90 Å². The van der Waals surface area contributed by atoms with Gasteiger partial charge in [0, 0.05) is 13.0 Å². The Balaban J connectivity index is 1.28. The van der Waals surface area contributed by atoms with Gasteiger partial charge in [0.05, 0.1) is 6.54 Å². The number of Topliss-reactive ketones (excluding diaryl/α,β-unsaturated/α-hetero) is 1. The summed E-state index contributed by atoms with van der Waals surface area (Å²) in [4.78, 5) is 29.3. The minimum atomic E-state index is -1.10. The number of hydrogen-bond acceptors (Lipinski definition) is 3. The number of ether oxygens (including phenoxy) is 1. The number of hydrogen-bond donors (Lipinski definition) is 0. The molecule has 1 aliphatic carbocycles. The number of likely N-dealkylation sites (N-methyl/N-ethyl adjacent to an activating group) is 1. The fourth-order valence-corrected chi connectivity index (χ4v) is 6.15. The summed E-state index contributed by atoms with van der Waals surface area (Å²) in [5.74, 6) is -0.162. The molecule has 6 rings (SSSR count). The van der Waals surface area contributed by atoms with Gasteiger partial charge >= 0.3 is 6.09 Å². The molecule has 1 aliphatic rings. The number of fused-ring (bicyclic) bond motifs is 3. The first kappa shape index (κ1) is 26.3. The Morgan fingerprint density at radius 2 is 1.00 bits per heavy atom. The number of benzene rings is 5. The molecule has 0 heterocycles. The van der Waals surface area contributed by atoms with Crippen molar-refractivity contribution >= 4 is 11.9 Å². The van der Waals surface area contributed by atoms with E-state index in [0.717, 1.165) is 27.8 Å². The van der Waals surface area contributed by atoms with Crippen LogP contribution >= 0.6 is 0 Å². The Labute approximate surface area is 240 Å². The highest BCUT2D eigenvalue weighted by atomic mass is 16.6. The van der Waals surface area contributed by atoms with Crippen LogP contribution in [0, 0.1) is 0 Å². The van der Waals surface area contributed by atoms with Crippen molar-refractivity contribution in [3.05, 3.63) is 167 Å². The number of ketones is 1. The summed E-state index contributed by atoms with van der Waals surface area (Å²) in [5.41, 5.74) is 6.10. The van der Waals surface area contributed by atoms with E-state index in [1.54, 1.807) is 7.05 Å². The third-order valence-corrected chi connectivity index (χ3v) is 8.07. The van der Waals surface area contributed by atoms with Gasteiger partial charge in [-0.1, -0.05) is 140 Å². The number of amides is 1. The summed E-state index contributed by atoms with van der Waals surface area (Å²) in [6, 6.07) is 45.8. The van der Waals surface area contributed by atoms with Gasteiger partial charge < -0.3 is 9.64 Å². The molecular weight excluding hydrogens is 506 g/mol. The molecule has 1 amide bonds. The summed E-state index contributed by atoms with van der Waals surface area (Å²) in [6.07, 6.45) is -0.525. The molecule has 0 saturated carbocycles. The van der Waals surface area contributed by atoms with Gasteiger partial charge in [-0.2, -0.15) is 0 Å². The van der Waals surface area contributed by atoms with Crippen LogP contribution in [0.15, 0.2) is 140 Å². The maximum atomic E-state index is 14.5. The highest BCUT2D eigenvalue weighted by Gasteiger charge is 2.44. The maximum Gasteiger partial charge on any atom is 0.409 e. The molecular formula is C37H31NO3. The van der Waals surface area contributed by atoms with E-state index in [1.807, 2.05) is 115 Å². The Morgan fingerprint density at radius 1 is 0.610 bits per heavy atom. The van der Waals surface area contributed by atoms with Crippen molar-refractivity contribution in [2.75, 3.05) is 20.2 Å². The Bertz CT molecular complexity index is 1520. The van der Waals surface area contributed by atoms with E-state index in [9.17, 15) is 9.59 Å². The van der Waals surface area contributed by atoms with E-state index in [4.69, 9.17) is 4.74 Å². The zero-order chi connectivity index (χ0) is 28.2. The molecule has 0 bridgehead atoms. The molecule has 4 nitrogen and oxygen atoms in total. The van der Waals surface area contributed by atoms with Crippen LogP contribution in [0.3, 0.4) is 0 Å². The van der Waals surface area contributed by atoms with Crippen LogP contribution in [-0.2, 0) is 14.9 Å². The van der Waals surface area contributed by atoms with Crippen LogP contribution in [-0.4, -0.2) is 37.0 Å². The molecule has 0 N–H and O–H groups in total. The molecule has 0 aromatic heterocycles. The highest BCUT2D eigenvalue weighted by molar-refractivity contribution is 6.00. The first-order valence-corrected chi connectivity index (χ1v) is 13.9. The summed E-state index contributed by atoms with van der Waals surface area (Å²) in [5, 5.41) is 0. The van der Waals surface area contributed by atoms with Crippen LogP contribution < -0.4 is 0 Å². The van der Waals surface area contributed by atoms with Crippen molar-refractivity contribution in [2.45, 2.75) is 11.3 Å². The Hall–Kier alpha value is -4.96. The molecule has 0 aliphatic heterocycles. The fourth-order valence-electron chi connectivity index (χ4n) is 6.15. The predicted molar refractivity (Wildman–Crippen MR) is 162 cm³/mol. The summed E-state index contributed by atoms with van der Waals surface area (Å²) in [6.45, 7) is 0.0853. The first-order chi connectivity index (χ1) is 20.1. The first-order valence-electron chi connectivity index (χ1n) is 13.9. The summed E-state index contributed by atoms with van der Waals surface area (Å²) < 4.78 is 5.87. The van der Waals surface area contributed by atoms with Gasteiger partial charge in [0.1, 0.15) is 12.0 Å². The Morgan fingerprint density at radius 3 is 1.44 bits per heavy atom. The second-order valence-corrected chi connectivity index (χ2v) is 10.4. The lowest BCUT2D eigenvalue weighted by Crippen LogP contribution is -2.45. The topological polar surface area (TPSA) is 46.6 Å². The van der Waals surface area contributed by atoms with Gasteiger partial charge in [0.25, 0.3) is 0 Å². The lowest BCUT2D eigenvalue weighted by molar-refractivity contribution is -0.122. The van der Waals surface area contributed by atoms with Crippen LogP contribution in [0.4, 0.5) is 4.79 Å². The molecule has 5 aromatic carbocycles. The molecule has 202 valence electrons. The van der Waals surface area contributed by atoms with E-state index in [2.05, 4.69) is 24.3 Å². The number of rotatable bonds is 8. The normalized spacial score (nSPS) is 12.3. The van der Waals surface area contributed by atoms with Gasteiger partial charge in [0.2, 0.25) is 0 Å². The lowest BCUT2D eigenvalue weighted by atomic mass is 9.66. The van der Waals surface area contributed by atoms with Crippen molar-refractivity contribution in [3.8, 4) is 11.1 Å². The van der Waals surface area contributed by atoms with Crippen molar-refractivity contribution in [1.29, 1.82) is 0 Å². The van der Waals surface area contributed by atoms with Crippen LogP contribution in [0.5, 0.6) is 0 Å². The zero-order valence-electron chi connectivity index (χ0n) is 22.9. The van der Waals surface area contributed by atoms with Crippen LogP contribution in [0.2, 0.25) is 0 Å². The minimum Gasteiger partial charge on any atom is -0.448 e. The third kappa shape index (κ3) is 4.72. The second kappa shape index (κ2) is 11.3. The van der Waals surface area contributed by atoms with E-state index in [-0.39, 0.29) is 24.9 Å². The summed E-state index contributed by atoms with van der Waals surface area (Å²) in [7, 11) is 1.63. The predicted octanol–water partition coefficient (Wildman–Crippen LogP) is 7.47. The largest absolute Gasteiger partial charge is 0.448 e. The van der Waals surface area contributed by atoms with E-state index >= 15 is 0 Å². The monoisotopic (exact) mass is 537 g/mol. The SMILES string of the molecule is CN(CC(=O)C(c1ccccc1)(c1ccccc1)c1ccccc1)C(=O)OCC1c2ccccc2-c2ccccc21. The second-order valence-electron chi connectivity index (χ2n) is 10.4. The number of carbonyl (C=O) groups is 2. The van der Waals surface area contributed by atoms with Crippen molar-refractivity contribution < 1.29 is 14.3 Å². The molecule has 0 fully saturated rings. The standard InChI is InChI=1S/C37H31NO3/c1-38(36(40)41-26-34-32-23-13-11-21-30(32)31-22-12-14-24-33(31)34)25-35(39)37(27-15-5-2-6-16-27,28-17-7-3-8-18-28)29-19-9-4-10-20-29/h2-24,34H,25-26H2,1H3. The van der Waals surface area contributed by atoms with Gasteiger partial charge in [-0.25, -0.2) is 4.79 Å². The summed E-state index contributed by atoms with van der Waals surface area (Å²) >= 11 is 0. The number of carbonyl (C=O) groups excluding carboxylic acids is 2. The molecule has 0 unspecified atom stereocenters. The van der Waals surface area contributed by atoms with E-state index < -0.39 is 11.5 Å². The minimum absolute atomic E-state index is 0.0486. The quantitative estimate of drug-likeness (QED) is 0.193. The molecule has 0 radical (unpaired) electrons. The van der Waals surface area contributed by atoms with Crippen molar-refractivity contribution in [3.63, 3.8) is 0 Å². The average molecular weight is 538 g/mol. The number of nitrogens with zero attached hydrogens (tertiary/aromatic N) is 1. The van der Waals surface area contributed by atoms with Gasteiger partial charge in [-0.15, -0.1) is 0 Å². The Kier molecular flexibility index (Phi) is 7.22. The molecule has 0 spiro atoms. The highest BCUT2D eigenvalue weighted by Crippen LogP contribution is 2.45. The molecule has 5 aromatic rings. The maximum absolute atomic E-state index is 14.5. The van der Waals surface area contributed by atoms with Crippen LogP contribution in [0.1, 0.15) is 33.7 Å². The molecule has 0 saturated heterocycles.